The first-order chi connectivity index (χ1) is 9.68. The highest BCUT2D eigenvalue weighted by Gasteiger charge is 2.03. The fourth-order valence-electron chi connectivity index (χ4n) is 2.03. The predicted molar refractivity (Wildman–Crippen MR) is 82.6 cm³/mol. The van der Waals surface area contributed by atoms with E-state index in [0.717, 1.165) is 16.3 Å². The standard InChI is InChI=1S/C16H20N2O2/c1-12(19)10-17-8-9-18-11-15-14-5-3-2-4-13(14)6-7-16(15)20/h2-7,11-12,17,19-20H,8-10H2,1H3. The molecule has 4 nitrogen and oxygen atoms in total. The summed E-state index contributed by atoms with van der Waals surface area (Å²) in [5.41, 5.74) is 0.749. The van der Waals surface area contributed by atoms with Crippen molar-refractivity contribution in [2.75, 3.05) is 19.6 Å². The molecule has 106 valence electrons. The normalized spacial score (nSPS) is 13.1. The molecule has 0 fully saturated rings. The first-order valence-corrected chi connectivity index (χ1v) is 6.78. The maximum Gasteiger partial charge on any atom is 0.124 e. The van der Waals surface area contributed by atoms with Gasteiger partial charge in [-0.15, -0.1) is 0 Å². The monoisotopic (exact) mass is 272 g/mol. The van der Waals surface area contributed by atoms with Crippen LogP contribution in [0.15, 0.2) is 41.4 Å². The van der Waals surface area contributed by atoms with E-state index in [-0.39, 0.29) is 11.9 Å². The van der Waals surface area contributed by atoms with Crippen molar-refractivity contribution in [1.29, 1.82) is 0 Å². The lowest BCUT2D eigenvalue weighted by atomic mass is 10.0. The second-order valence-corrected chi connectivity index (χ2v) is 4.81. The number of nitrogens with one attached hydrogen (secondary N) is 1. The molecule has 20 heavy (non-hydrogen) atoms. The molecule has 2 aromatic rings. The third kappa shape index (κ3) is 3.79. The van der Waals surface area contributed by atoms with Gasteiger partial charge in [0.1, 0.15) is 5.75 Å². The highest BCUT2D eigenvalue weighted by Crippen LogP contribution is 2.25. The Labute approximate surface area is 118 Å². The second-order valence-electron chi connectivity index (χ2n) is 4.81. The largest absolute Gasteiger partial charge is 0.507 e. The van der Waals surface area contributed by atoms with Crippen LogP contribution in [0.5, 0.6) is 5.75 Å². The average molecular weight is 272 g/mol. The fourth-order valence-corrected chi connectivity index (χ4v) is 2.03. The number of fused-ring (bicyclic) bond motifs is 1. The van der Waals surface area contributed by atoms with Crippen molar-refractivity contribution in [2.24, 2.45) is 4.99 Å². The summed E-state index contributed by atoms with van der Waals surface area (Å²) in [5, 5.41) is 24.2. The Morgan fingerprint density at radius 3 is 2.85 bits per heavy atom. The van der Waals surface area contributed by atoms with Crippen LogP contribution in [-0.2, 0) is 0 Å². The second kappa shape index (κ2) is 7.03. The summed E-state index contributed by atoms with van der Waals surface area (Å²) in [6.07, 6.45) is 1.36. The maximum absolute atomic E-state index is 9.94. The van der Waals surface area contributed by atoms with Crippen LogP contribution in [0.4, 0.5) is 0 Å². The van der Waals surface area contributed by atoms with Crippen molar-refractivity contribution < 1.29 is 10.2 Å². The van der Waals surface area contributed by atoms with Gasteiger partial charge in [-0.3, -0.25) is 4.99 Å². The lowest BCUT2D eigenvalue weighted by Gasteiger charge is -2.06. The number of aliphatic hydroxyl groups is 1. The van der Waals surface area contributed by atoms with Crippen molar-refractivity contribution in [1.82, 2.24) is 5.32 Å². The summed E-state index contributed by atoms with van der Waals surface area (Å²) in [7, 11) is 0. The molecule has 2 rings (SSSR count). The third-order valence-electron chi connectivity index (χ3n) is 3.03. The van der Waals surface area contributed by atoms with E-state index in [1.54, 1.807) is 19.2 Å². The molecular formula is C16H20N2O2. The van der Waals surface area contributed by atoms with Crippen LogP contribution in [0, 0.1) is 0 Å². The number of hydrogen-bond acceptors (Lipinski definition) is 4. The SMILES string of the molecule is CC(O)CNCCN=Cc1c(O)ccc2ccccc12. The van der Waals surface area contributed by atoms with Gasteiger partial charge < -0.3 is 15.5 Å². The van der Waals surface area contributed by atoms with Gasteiger partial charge in [0, 0.05) is 24.9 Å². The van der Waals surface area contributed by atoms with Crippen LogP contribution in [0.1, 0.15) is 12.5 Å². The first kappa shape index (κ1) is 14.5. The Kier molecular flexibility index (Phi) is 5.09. The zero-order valence-electron chi connectivity index (χ0n) is 11.6. The van der Waals surface area contributed by atoms with E-state index in [2.05, 4.69) is 10.3 Å². The number of aliphatic hydroxyl groups excluding tert-OH is 1. The molecule has 0 aromatic heterocycles. The van der Waals surface area contributed by atoms with Crippen molar-refractivity contribution >= 4 is 17.0 Å². The van der Waals surface area contributed by atoms with Gasteiger partial charge in [0.2, 0.25) is 0 Å². The summed E-state index contributed by atoms with van der Waals surface area (Å²) in [4.78, 5) is 4.32. The number of phenolic OH excluding ortho intramolecular Hbond substituents is 1. The van der Waals surface area contributed by atoms with Crippen molar-refractivity contribution in [2.45, 2.75) is 13.0 Å². The quantitative estimate of drug-likeness (QED) is 0.556. The van der Waals surface area contributed by atoms with E-state index < -0.39 is 0 Å². The number of nitrogens with zero attached hydrogens (tertiary/aromatic N) is 1. The third-order valence-corrected chi connectivity index (χ3v) is 3.03. The van der Waals surface area contributed by atoms with Crippen LogP contribution < -0.4 is 5.32 Å². The van der Waals surface area contributed by atoms with E-state index in [1.807, 2.05) is 30.3 Å². The van der Waals surface area contributed by atoms with Crippen LogP contribution in [0.2, 0.25) is 0 Å². The number of hydrogen-bond donors (Lipinski definition) is 3. The lowest BCUT2D eigenvalue weighted by Crippen LogP contribution is -2.26. The number of rotatable bonds is 6. The molecule has 4 heteroatoms. The molecule has 1 atom stereocenters. The Balaban J connectivity index is 2.03. The molecule has 0 aliphatic carbocycles. The molecule has 0 heterocycles. The zero-order chi connectivity index (χ0) is 14.4. The minimum absolute atomic E-state index is 0.240. The van der Waals surface area contributed by atoms with Crippen LogP contribution in [0.3, 0.4) is 0 Å². The van der Waals surface area contributed by atoms with Crippen molar-refractivity contribution in [3.8, 4) is 5.75 Å². The molecule has 0 saturated heterocycles. The highest BCUT2D eigenvalue weighted by atomic mass is 16.3. The topological polar surface area (TPSA) is 64.8 Å². The molecular weight excluding hydrogens is 252 g/mol. The van der Waals surface area contributed by atoms with Gasteiger partial charge in [-0.05, 0) is 23.8 Å². The van der Waals surface area contributed by atoms with E-state index in [9.17, 15) is 5.11 Å². The van der Waals surface area contributed by atoms with Gasteiger partial charge >= 0.3 is 0 Å². The Morgan fingerprint density at radius 2 is 2.05 bits per heavy atom. The number of aromatic hydroxyl groups is 1. The molecule has 0 aliphatic heterocycles. The Bertz CT molecular complexity index is 594. The van der Waals surface area contributed by atoms with E-state index in [4.69, 9.17) is 5.11 Å². The Hall–Kier alpha value is -1.91. The van der Waals surface area contributed by atoms with E-state index in [1.165, 1.54) is 0 Å². The van der Waals surface area contributed by atoms with Crippen LogP contribution in [0.25, 0.3) is 10.8 Å². The zero-order valence-corrected chi connectivity index (χ0v) is 11.6. The summed E-state index contributed by atoms with van der Waals surface area (Å²) >= 11 is 0. The first-order valence-electron chi connectivity index (χ1n) is 6.78. The fraction of sp³-hybridized carbons (Fsp3) is 0.312. The summed E-state index contributed by atoms with van der Waals surface area (Å²) < 4.78 is 0. The van der Waals surface area contributed by atoms with Gasteiger partial charge in [-0.25, -0.2) is 0 Å². The van der Waals surface area contributed by atoms with Gasteiger partial charge in [0.25, 0.3) is 0 Å². The maximum atomic E-state index is 9.94. The molecule has 0 saturated carbocycles. The minimum Gasteiger partial charge on any atom is -0.507 e. The minimum atomic E-state index is -0.346. The van der Waals surface area contributed by atoms with Crippen LogP contribution >= 0.6 is 0 Å². The number of benzene rings is 2. The van der Waals surface area contributed by atoms with Gasteiger partial charge in [0.15, 0.2) is 0 Å². The predicted octanol–water partition coefficient (Wildman–Crippen LogP) is 1.93. The molecule has 0 radical (unpaired) electrons. The molecule has 2 aromatic carbocycles. The van der Waals surface area contributed by atoms with Gasteiger partial charge in [-0.1, -0.05) is 30.3 Å². The summed E-state index contributed by atoms with van der Waals surface area (Å²) in [6, 6.07) is 11.5. The molecule has 0 spiro atoms. The van der Waals surface area contributed by atoms with E-state index in [0.29, 0.717) is 19.6 Å². The average Bonchev–Trinajstić information content (AvgIpc) is 2.44. The molecule has 0 amide bonds. The van der Waals surface area contributed by atoms with E-state index >= 15 is 0 Å². The summed E-state index contributed by atoms with van der Waals surface area (Å²) in [5.74, 6) is 0.240. The van der Waals surface area contributed by atoms with Crippen molar-refractivity contribution in [3.05, 3.63) is 42.0 Å². The number of aliphatic imine (C=N–C) groups is 1. The molecule has 0 bridgehead atoms. The number of phenols is 1. The van der Waals surface area contributed by atoms with Crippen molar-refractivity contribution in [3.63, 3.8) is 0 Å². The summed E-state index contributed by atoms with van der Waals surface area (Å²) in [6.45, 7) is 3.61. The highest BCUT2D eigenvalue weighted by molar-refractivity contribution is 6.02. The smallest absolute Gasteiger partial charge is 0.124 e. The lowest BCUT2D eigenvalue weighted by molar-refractivity contribution is 0.192. The van der Waals surface area contributed by atoms with Gasteiger partial charge in [0.05, 0.1) is 12.6 Å². The Morgan fingerprint density at radius 1 is 1.25 bits per heavy atom. The molecule has 3 N–H and O–H groups in total. The van der Waals surface area contributed by atoms with Gasteiger partial charge in [-0.2, -0.15) is 0 Å². The molecule has 0 aliphatic rings. The van der Waals surface area contributed by atoms with Crippen LogP contribution in [-0.4, -0.2) is 42.2 Å². The molecule has 1 unspecified atom stereocenters.